The van der Waals surface area contributed by atoms with E-state index in [4.69, 9.17) is 4.74 Å². The highest BCUT2D eigenvalue weighted by atomic mass is 16.5. The predicted octanol–water partition coefficient (Wildman–Crippen LogP) is 4.61. The monoisotopic (exact) mass is 401 g/mol. The molecule has 0 spiro atoms. The van der Waals surface area contributed by atoms with Crippen molar-refractivity contribution >= 4 is 12.1 Å². The average Bonchev–Trinajstić information content (AvgIpc) is 3.06. The molecular formula is C25H23NO4. The number of aliphatic carboxylic acids is 1. The van der Waals surface area contributed by atoms with Gasteiger partial charge in [-0.2, -0.15) is 0 Å². The highest BCUT2D eigenvalue weighted by molar-refractivity contribution is 5.79. The predicted molar refractivity (Wildman–Crippen MR) is 114 cm³/mol. The van der Waals surface area contributed by atoms with Gasteiger partial charge in [0.2, 0.25) is 0 Å². The molecular weight excluding hydrogens is 378 g/mol. The van der Waals surface area contributed by atoms with E-state index in [1.807, 2.05) is 54.6 Å². The number of rotatable bonds is 7. The van der Waals surface area contributed by atoms with E-state index in [-0.39, 0.29) is 18.9 Å². The second-order valence-electron chi connectivity index (χ2n) is 7.45. The highest BCUT2D eigenvalue weighted by Gasteiger charge is 2.29. The molecule has 0 aromatic heterocycles. The van der Waals surface area contributed by atoms with Gasteiger partial charge in [0.15, 0.2) is 0 Å². The molecule has 30 heavy (non-hydrogen) atoms. The van der Waals surface area contributed by atoms with E-state index < -0.39 is 18.1 Å². The molecule has 4 rings (SSSR count). The van der Waals surface area contributed by atoms with E-state index in [1.165, 1.54) is 0 Å². The van der Waals surface area contributed by atoms with Gasteiger partial charge in [-0.3, -0.25) is 4.79 Å². The number of benzene rings is 3. The van der Waals surface area contributed by atoms with Crippen LogP contribution in [0.15, 0.2) is 78.9 Å². The normalized spacial score (nSPS) is 13.2. The van der Waals surface area contributed by atoms with Crippen LogP contribution < -0.4 is 5.32 Å². The molecule has 0 bridgehead atoms. The van der Waals surface area contributed by atoms with Crippen LogP contribution in [-0.2, 0) is 16.0 Å². The van der Waals surface area contributed by atoms with Crippen LogP contribution in [-0.4, -0.2) is 29.8 Å². The van der Waals surface area contributed by atoms with Gasteiger partial charge in [-0.25, -0.2) is 4.79 Å². The number of fused-ring (bicyclic) bond motifs is 3. The summed E-state index contributed by atoms with van der Waals surface area (Å²) in [6.45, 7) is 0.199. The minimum atomic E-state index is -0.963. The van der Waals surface area contributed by atoms with Crippen LogP contribution in [0.5, 0.6) is 0 Å². The number of hydrogen-bond donors (Lipinski definition) is 2. The molecule has 1 amide bonds. The van der Waals surface area contributed by atoms with Gasteiger partial charge in [0.05, 0.1) is 6.42 Å². The van der Waals surface area contributed by atoms with Crippen molar-refractivity contribution in [2.24, 2.45) is 0 Å². The molecule has 152 valence electrons. The third-order valence-electron chi connectivity index (χ3n) is 5.41. The lowest BCUT2D eigenvalue weighted by molar-refractivity contribution is -0.137. The van der Waals surface area contributed by atoms with Gasteiger partial charge in [0.1, 0.15) is 6.61 Å². The molecule has 0 aliphatic heterocycles. The average molecular weight is 401 g/mol. The SMILES string of the molecule is O=C(O)CC(Cc1ccccc1)NC(=O)OCC1c2ccccc2-c2ccccc21. The van der Waals surface area contributed by atoms with Gasteiger partial charge in [-0.05, 0) is 34.2 Å². The zero-order valence-electron chi connectivity index (χ0n) is 16.5. The molecule has 0 saturated heterocycles. The first-order chi connectivity index (χ1) is 14.6. The molecule has 1 aliphatic carbocycles. The third-order valence-corrected chi connectivity index (χ3v) is 5.41. The van der Waals surface area contributed by atoms with Gasteiger partial charge in [-0.15, -0.1) is 0 Å². The van der Waals surface area contributed by atoms with Crippen molar-refractivity contribution in [1.29, 1.82) is 0 Å². The number of hydrogen-bond acceptors (Lipinski definition) is 3. The zero-order chi connectivity index (χ0) is 20.9. The lowest BCUT2D eigenvalue weighted by Gasteiger charge is -2.19. The molecule has 5 heteroatoms. The zero-order valence-corrected chi connectivity index (χ0v) is 16.5. The van der Waals surface area contributed by atoms with Crippen molar-refractivity contribution in [2.75, 3.05) is 6.61 Å². The Morgan fingerprint density at radius 3 is 2.03 bits per heavy atom. The molecule has 0 radical (unpaired) electrons. The van der Waals surface area contributed by atoms with E-state index in [0.29, 0.717) is 6.42 Å². The second-order valence-corrected chi connectivity index (χ2v) is 7.45. The lowest BCUT2D eigenvalue weighted by atomic mass is 9.98. The number of nitrogens with one attached hydrogen (secondary N) is 1. The molecule has 3 aromatic carbocycles. The van der Waals surface area contributed by atoms with E-state index in [1.54, 1.807) is 0 Å². The smallest absolute Gasteiger partial charge is 0.407 e. The fraction of sp³-hybridized carbons (Fsp3) is 0.200. The molecule has 5 nitrogen and oxygen atoms in total. The minimum Gasteiger partial charge on any atom is -0.481 e. The van der Waals surface area contributed by atoms with Crippen LogP contribution in [0.4, 0.5) is 4.79 Å². The van der Waals surface area contributed by atoms with Crippen LogP contribution in [0.25, 0.3) is 11.1 Å². The molecule has 2 N–H and O–H groups in total. The Kier molecular flexibility index (Phi) is 5.80. The highest BCUT2D eigenvalue weighted by Crippen LogP contribution is 2.44. The number of carboxylic acids is 1. The number of alkyl carbamates (subject to hydrolysis) is 1. The number of carboxylic acid groups (broad SMARTS) is 1. The maximum atomic E-state index is 12.5. The largest absolute Gasteiger partial charge is 0.481 e. The molecule has 1 unspecified atom stereocenters. The first-order valence-corrected chi connectivity index (χ1v) is 9.99. The van der Waals surface area contributed by atoms with Crippen molar-refractivity contribution in [3.63, 3.8) is 0 Å². The van der Waals surface area contributed by atoms with Crippen LogP contribution in [0, 0.1) is 0 Å². The van der Waals surface area contributed by atoms with Gasteiger partial charge < -0.3 is 15.2 Å². The third kappa shape index (κ3) is 4.35. The fourth-order valence-electron chi connectivity index (χ4n) is 4.09. The fourth-order valence-corrected chi connectivity index (χ4v) is 4.09. The van der Waals surface area contributed by atoms with Crippen molar-refractivity contribution in [3.8, 4) is 11.1 Å². The Labute approximate surface area is 175 Å². The second kappa shape index (κ2) is 8.82. The Bertz CT molecular complexity index is 1000. The van der Waals surface area contributed by atoms with Crippen LogP contribution in [0.3, 0.4) is 0 Å². The molecule has 3 aromatic rings. The number of amides is 1. The Hall–Kier alpha value is -3.60. The Morgan fingerprint density at radius 2 is 1.43 bits per heavy atom. The van der Waals surface area contributed by atoms with Crippen LogP contribution >= 0.6 is 0 Å². The van der Waals surface area contributed by atoms with Crippen LogP contribution in [0.2, 0.25) is 0 Å². The molecule has 1 atom stereocenters. The summed E-state index contributed by atoms with van der Waals surface area (Å²) in [7, 11) is 0. The summed E-state index contributed by atoms with van der Waals surface area (Å²) in [4.78, 5) is 23.7. The summed E-state index contributed by atoms with van der Waals surface area (Å²) in [6.07, 6.45) is -0.338. The van der Waals surface area contributed by atoms with E-state index in [9.17, 15) is 14.7 Å². The number of carbonyl (C=O) groups excluding carboxylic acids is 1. The minimum absolute atomic E-state index is 0.0322. The number of ether oxygens (including phenoxy) is 1. The summed E-state index contributed by atoms with van der Waals surface area (Å²) in [5, 5.41) is 11.9. The molecule has 1 aliphatic rings. The van der Waals surface area contributed by atoms with Gasteiger partial charge in [0, 0.05) is 12.0 Å². The number of carbonyl (C=O) groups is 2. The first kappa shape index (κ1) is 19.7. The Balaban J connectivity index is 1.43. The van der Waals surface area contributed by atoms with E-state index in [2.05, 4.69) is 29.6 Å². The molecule has 0 saturated carbocycles. The molecule has 0 heterocycles. The van der Waals surface area contributed by atoms with E-state index >= 15 is 0 Å². The van der Waals surface area contributed by atoms with Crippen LogP contribution in [0.1, 0.15) is 29.0 Å². The van der Waals surface area contributed by atoms with Crippen molar-refractivity contribution in [2.45, 2.75) is 24.8 Å². The quantitative estimate of drug-likeness (QED) is 0.606. The lowest BCUT2D eigenvalue weighted by Crippen LogP contribution is -2.39. The van der Waals surface area contributed by atoms with Gasteiger partial charge in [0.25, 0.3) is 0 Å². The van der Waals surface area contributed by atoms with Crippen molar-refractivity contribution in [3.05, 3.63) is 95.6 Å². The Morgan fingerprint density at radius 1 is 0.867 bits per heavy atom. The van der Waals surface area contributed by atoms with Crippen molar-refractivity contribution < 1.29 is 19.4 Å². The topological polar surface area (TPSA) is 75.6 Å². The van der Waals surface area contributed by atoms with Gasteiger partial charge in [-0.1, -0.05) is 78.9 Å². The summed E-state index contributed by atoms with van der Waals surface area (Å²) in [6, 6.07) is 25.2. The first-order valence-electron chi connectivity index (χ1n) is 9.99. The van der Waals surface area contributed by atoms with Gasteiger partial charge >= 0.3 is 12.1 Å². The summed E-state index contributed by atoms with van der Waals surface area (Å²) < 4.78 is 5.55. The maximum Gasteiger partial charge on any atom is 0.407 e. The van der Waals surface area contributed by atoms with E-state index in [0.717, 1.165) is 27.8 Å². The summed E-state index contributed by atoms with van der Waals surface area (Å²) >= 11 is 0. The maximum absolute atomic E-state index is 12.5. The summed E-state index contributed by atoms with van der Waals surface area (Å²) in [5.41, 5.74) is 5.56. The van der Waals surface area contributed by atoms with Crippen molar-refractivity contribution in [1.82, 2.24) is 5.32 Å². The molecule has 0 fully saturated rings. The standard InChI is InChI=1S/C25H23NO4/c27-24(28)15-18(14-17-8-2-1-3-9-17)26-25(29)30-16-23-21-12-6-4-10-19(21)20-11-5-7-13-22(20)23/h1-13,18,23H,14-16H2,(H,26,29)(H,27,28). The summed E-state index contributed by atoms with van der Waals surface area (Å²) in [5.74, 6) is -0.995.